The minimum atomic E-state index is 0.480. The molecule has 0 aliphatic rings. The molecule has 4 heteroatoms. The number of benzene rings is 1. The number of thioether (sulfide) groups is 1. The maximum absolute atomic E-state index is 5.74. The molecule has 108 valence electrons. The average Bonchev–Trinajstić information content (AvgIpc) is 2.39. The van der Waals surface area contributed by atoms with Crippen LogP contribution in [0.3, 0.4) is 0 Å². The molecule has 0 heterocycles. The lowest BCUT2D eigenvalue weighted by atomic mass is 10.2. The Hall–Kier alpha value is -0.870. The normalized spacial score (nSPS) is 10.8. The van der Waals surface area contributed by atoms with Crippen LogP contribution in [0.2, 0.25) is 0 Å². The highest BCUT2D eigenvalue weighted by Crippen LogP contribution is 2.28. The van der Waals surface area contributed by atoms with Crippen molar-refractivity contribution in [1.29, 1.82) is 0 Å². The Bertz CT molecular complexity index is 369. The maximum atomic E-state index is 5.74. The molecular formula is C15H25NO2S. The highest BCUT2D eigenvalue weighted by atomic mass is 32.2. The Balaban J connectivity index is 2.69. The van der Waals surface area contributed by atoms with E-state index in [4.69, 9.17) is 9.47 Å². The van der Waals surface area contributed by atoms with Gasteiger partial charge in [0.1, 0.15) is 0 Å². The molecule has 0 amide bonds. The first-order chi connectivity index (χ1) is 9.17. The van der Waals surface area contributed by atoms with Crippen LogP contribution in [0.5, 0.6) is 11.5 Å². The van der Waals surface area contributed by atoms with Gasteiger partial charge >= 0.3 is 0 Å². The Morgan fingerprint density at radius 1 is 1.21 bits per heavy atom. The standard InChI is InChI=1S/C15H25NO2S/c1-5-17-15-10-13(11-16-12(2)3)6-7-14(15)18-8-9-19-4/h6-7,10,12,16H,5,8-9,11H2,1-4H3. The fraction of sp³-hybridized carbons (Fsp3) is 0.600. The molecule has 0 saturated heterocycles. The van der Waals surface area contributed by atoms with Crippen LogP contribution in [0.4, 0.5) is 0 Å². The van der Waals surface area contributed by atoms with Gasteiger partial charge in [-0.15, -0.1) is 0 Å². The van der Waals surface area contributed by atoms with Crippen molar-refractivity contribution in [3.05, 3.63) is 23.8 Å². The molecule has 0 radical (unpaired) electrons. The Morgan fingerprint density at radius 3 is 2.63 bits per heavy atom. The Labute approximate surface area is 121 Å². The highest BCUT2D eigenvalue weighted by molar-refractivity contribution is 7.98. The summed E-state index contributed by atoms with van der Waals surface area (Å²) in [5.74, 6) is 2.67. The average molecular weight is 283 g/mol. The molecule has 0 saturated carbocycles. The SMILES string of the molecule is CCOc1cc(CNC(C)C)ccc1OCCSC. The minimum Gasteiger partial charge on any atom is -0.490 e. The van der Waals surface area contributed by atoms with Crippen LogP contribution in [-0.4, -0.2) is 31.3 Å². The quantitative estimate of drug-likeness (QED) is 0.704. The van der Waals surface area contributed by atoms with Crippen molar-refractivity contribution in [2.45, 2.75) is 33.4 Å². The second-order valence-corrected chi connectivity index (χ2v) is 5.58. The van der Waals surface area contributed by atoms with Crippen LogP contribution in [0.15, 0.2) is 18.2 Å². The van der Waals surface area contributed by atoms with Crippen LogP contribution < -0.4 is 14.8 Å². The van der Waals surface area contributed by atoms with Gasteiger partial charge in [0.2, 0.25) is 0 Å². The lowest BCUT2D eigenvalue weighted by molar-refractivity contribution is 0.289. The van der Waals surface area contributed by atoms with Crippen LogP contribution in [0.25, 0.3) is 0 Å². The second kappa shape index (κ2) is 9.10. The van der Waals surface area contributed by atoms with E-state index in [1.807, 2.05) is 13.0 Å². The van der Waals surface area contributed by atoms with E-state index in [0.29, 0.717) is 19.3 Å². The van der Waals surface area contributed by atoms with Gasteiger partial charge in [-0.1, -0.05) is 19.9 Å². The molecule has 1 N–H and O–H groups in total. The summed E-state index contributed by atoms with van der Waals surface area (Å²) in [7, 11) is 0. The first-order valence-electron chi connectivity index (χ1n) is 6.78. The van der Waals surface area contributed by atoms with Crippen molar-refractivity contribution in [1.82, 2.24) is 5.32 Å². The number of hydrogen-bond donors (Lipinski definition) is 1. The van der Waals surface area contributed by atoms with Crippen molar-refractivity contribution in [3.63, 3.8) is 0 Å². The number of hydrogen-bond acceptors (Lipinski definition) is 4. The molecule has 0 aliphatic carbocycles. The van der Waals surface area contributed by atoms with Crippen molar-refractivity contribution < 1.29 is 9.47 Å². The van der Waals surface area contributed by atoms with Crippen LogP contribution >= 0.6 is 11.8 Å². The third-order valence-corrected chi connectivity index (χ3v) is 3.14. The van der Waals surface area contributed by atoms with Crippen molar-refractivity contribution >= 4 is 11.8 Å². The van der Waals surface area contributed by atoms with Gasteiger partial charge in [-0.2, -0.15) is 11.8 Å². The molecule has 0 bridgehead atoms. The summed E-state index contributed by atoms with van der Waals surface area (Å²) in [5.41, 5.74) is 1.22. The highest BCUT2D eigenvalue weighted by Gasteiger charge is 2.06. The largest absolute Gasteiger partial charge is 0.490 e. The van der Waals surface area contributed by atoms with E-state index in [1.54, 1.807) is 11.8 Å². The Kier molecular flexibility index (Phi) is 7.75. The fourth-order valence-corrected chi connectivity index (χ4v) is 1.86. The van der Waals surface area contributed by atoms with Gasteiger partial charge in [0.25, 0.3) is 0 Å². The first kappa shape index (κ1) is 16.2. The van der Waals surface area contributed by atoms with Gasteiger partial charge in [-0.05, 0) is 30.9 Å². The predicted molar refractivity (Wildman–Crippen MR) is 83.5 cm³/mol. The maximum Gasteiger partial charge on any atom is 0.161 e. The smallest absolute Gasteiger partial charge is 0.161 e. The van der Waals surface area contributed by atoms with E-state index in [9.17, 15) is 0 Å². The van der Waals surface area contributed by atoms with E-state index in [2.05, 4.69) is 37.6 Å². The zero-order chi connectivity index (χ0) is 14.1. The van der Waals surface area contributed by atoms with Crippen molar-refractivity contribution in [2.24, 2.45) is 0 Å². The molecule has 1 aromatic rings. The molecule has 0 aliphatic heterocycles. The summed E-state index contributed by atoms with van der Waals surface area (Å²) < 4.78 is 11.4. The zero-order valence-electron chi connectivity index (χ0n) is 12.4. The summed E-state index contributed by atoms with van der Waals surface area (Å²) in [6, 6.07) is 6.63. The molecule has 3 nitrogen and oxygen atoms in total. The molecule has 0 spiro atoms. The molecule has 0 atom stereocenters. The van der Waals surface area contributed by atoms with Crippen molar-refractivity contribution in [3.8, 4) is 11.5 Å². The predicted octanol–water partition coefficient (Wildman–Crippen LogP) is 3.33. The summed E-state index contributed by atoms with van der Waals surface area (Å²) in [4.78, 5) is 0. The van der Waals surface area contributed by atoms with E-state index in [1.165, 1.54) is 5.56 Å². The number of rotatable bonds is 9. The molecule has 0 aromatic heterocycles. The van der Waals surface area contributed by atoms with Gasteiger partial charge in [0, 0.05) is 18.3 Å². The van der Waals surface area contributed by atoms with Crippen molar-refractivity contribution in [2.75, 3.05) is 25.2 Å². The summed E-state index contributed by atoms with van der Waals surface area (Å²) >= 11 is 1.78. The van der Waals surface area contributed by atoms with Gasteiger partial charge in [-0.3, -0.25) is 0 Å². The van der Waals surface area contributed by atoms with Gasteiger partial charge in [-0.25, -0.2) is 0 Å². The van der Waals surface area contributed by atoms with Crippen LogP contribution in [-0.2, 0) is 6.54 Å². The van der Waals surface area contributed by atoms with Gasteiger partial charge in [0.15, 0.2) is 11.5 Å². The van der Waals surface area contributed by atoms with E-state index >= 15 is 0 Å². The van der Waals surface area contributed by atoms with E-state index in [-0.39, 0.29) is 0 Å². The summed E-state index contributed by atoms with van der Waals surface area (Å²) in [6.07, 6.45) is 2.08. The number of ether oxygens (including phenoxy) is 2. The first-order valence-corrected chi connectivity index (χ1v) is 8.17. The molecule has 1 aromatic carbocycles. The molecule has 19 heavy (non-hydrogen) atoms. The zero-order valence-corrected chi connectivity index (χ0v) is 13.2. The minimum absolute atomic E-state index is 0.480. The van der Waals surface area contributed by atoms with E-state index < -0.39 is 0 Å². The molecule has 0 unspecified atom stereocenters. The third kappa shape index (κ3) is 6.21. The lowest BCUT2D eigenvalue weighted by Gasteiger charge is -2.14. The summed E-state index contributed by atoms with van der Waals surface area (Å²) in [6.45, 7) is 8.49. The van der Waals surface area contributed by atoms with E-state index in [0.717, 1.165) is 23.8 Å². The third-order valence-electron chi connectivity index (χ3n) is 2.57. The lowest BCUT2D eigenvalue weighted by Crippen LogP contribution is -2.21. The van der Waals surface area contributed by atoms with Gasteiger partial charge in [0.05, 0.1) is 13.2 Å². The number of nitrogens with one attached hydrogen (secondary N) is 1. The molecule has 1 rings (SSSR count). The molecular weight excluding hydrogens is 258 g/mol. The topological polar surface area (TPSA) is 30.5 Å². The fourth-order valence-electron chi connectivity index (χ4n) is 1.61. The molecule has 0 fully saturated rings. The second-order valence-electron chi connectivity index (χ2n) is 4.59. The monoisotopic (exact) mass is 283 g/mol. The Morgan fingerprint density at radius 2 is 2.00 bits per heavy atom. The van der Waals surface area contributed by atoms with Crippen LogP contribution in [0.1, 0.15) is 26.3 Å². The van der Waals surface area contributed by atoms with Gasteiger partial charge < -0.3 is 14.8 Å². The summed E-state index contributed by atoms with van der Waals surface area (Å²) in [5, 5.41) is 3.40. The van der Waals surface area contributed by atoms with Crippen LogP contribution in [0, 0.1) is 0 Å².